The lowest BCUT2D eigenvalue weighted by Crippen LogP contribution is -2.19. The van der Waals surface area contributed by atoms with Crippen molar-refractivity contribution < 1.29 is 18.0 Å². The van der Waals surface area contributed by atoms with Gasteiger partial charge in [-0.1, -0.05) is 6.08 Å². The number of carbonyl (C=O) groups is 1. The van der Waals surface area contributed by atoms with Crippen molar-refractivity contribution in [3.05, 3.63) is 67.7 Å². The van der Waals surface area contributed by atoms with E-state index in [1.54, 1.807) is 6.08 Å². The number of halogens is 3. The van der Waals surface area contributed by atoms with Gasteiger partial charge in [0.15, 0.2) is 0 Å². The van der Waals surface area contributed by atoms with E-state index in [2.05, 4.69) is 35.0 Å². The van der Waals surface area contributed by atoms with Crippen molar-refractivity contribution in [2.75, 3.05) is 7.05 Å². The second-order valence-electron chi connectivity index (χ2n) is 4.25. The Kier molecular flexibility index (Phi) is 8.86. The molecule has 1 aromatic heterocycles. The minimum atomic E-state index is -4.52. The normalized spacial score (nSPS) is 9.71. The number of allylic oxidation sites excluding steroid dienone is 1. The molecule has 0 radical (unpaired) electrons. The zero-order chi connectivity index (χ0) is 18.8. The van der Waals surface area contributed by atoms with Crippen LogP contribution in [0.3, 0.4) is 0 Å². The molecule has 24 heavy (non-hydrogen) atoms. The summed E-state index contributed by atoms with van der Waals surface area (Å²) >= 11 is 0. The molecular formula is C17H20F3N3O. The van der Waals surface area contributed by atoms with Crippen LogP contribution in [0.1, 0.15) is 22.8 Å². The topological polar surface area (TPSA) is 57.8 Å². The maximum absolute atomic E-state index is 12.8. The highest BCUT2D eigenvalue weighted by molar-refractivity contribution is 5.95. The van der Waals surface area contributed by atoms with Gasteiger partial charge in [0.25, 0.3) is 5.91 Å². The van der Waals surface area contributed by atoms with Crippen LogP contribution in [-0.4, -0.2) is 22.9 Å². The number of aromatic nitrogens is 2. The van der Waals surface area contributed by atoms with E-state index in [1.807, 2.05) is 6.92 Å². The number of H-pyrrole nitrogens is 1. The molecule has 0 aliphatic rings. The lowest BCUT2D eigenvalue weighted by molar-refractivity contribution is -0.137. The zero-order valence-corrected chi connectivity index (χ0v) is 13.6. The summed E-state index contributed by atoms with van der Waals surface area (Å²) in [5.74, 6) is -0.577. The average molecular weight is 339 g/mol. The van der Waals surface area contributed by atoms with Crippen molar-refractivity contribution in [1.29, 1.82) is 0 Å². The van der Waals surface area contributed by atoms with Gasteiger partial charge in [-0.15, -0.1) is 19.7 Å². The fourth-order valence-electron chi connectivity index (χ4n) is 1.64. The first-order valence-corrected chi connectivity index (χ1v) is 6.83. The minimum absolute atomic E-state index is 0.0538. The molecule has 0 unspecified atom stereocenters. The number of amides is 1. The van der Waals surface area contributed by atoms with E-state index in [-0.39, 0.29) is 11.1 Å². The molecule has 2 N–H and O–H groups in total. The number of nitrogens with one attached hydrogen (secondary N) is 2. The van der Waals surface area contributed by atoms with E-state index in [0.29, 0.717) is 5.69 Å². The Balaban J connectivity index is 0.000000952. The van der Waals surface area contributed by atoms with E-state index >= 15 is 0 Å². The van der Waals surface area contributed by atoms with Crippen molar-refractivity contribution in [2.45, 2.75) is 13.1 Å². The fraction of sp³-hybridized carbons (Fsp3) is 0.176. The predicted molar refractivity (Wildman–Crippen MR) is 89.5 cm³/mol. The van der Waals surface area contributed by atoms with Crippen molar-refractivity contribution >= 4 is 5.91 Å². The second kappa shape index (κ2) is 10.0. The van der Waals surface area contributed by atoms with Crippen molar-refractivity contribution in [2.24, 2.45) is 0 Å². The number of imidazole rings is 1. The molecule has 0 aliphatic carbocycles. The first-order chi connectivity index (χ1) is 11.3. The van der Waals surface area contributed by atoms with Crippen LogP contribution < -0.4 is 5.32 Å². The SMILES string of the molecule is C=C.C=CC.CNC(=O)c1cc(-c2cnc[nH]2)cc(C(F)(F)F)c1. The molecule has 1 amide bonds. The first kappa shape index (κ1) is 21.2. The van der Waals surface area contributed by atoms with Gasteiger partial charge in [0.1, 0.15) is 0 Å². The summed E-state index contributed by atoms with van der Waals surface area (Å²) in [7, 11) is 1.36. The van der Waals surface area contributed by atoms with Gasteiger partial charge in [0.2, 0.25) is 0 Å². The summed E-state index contributed by atoms with van der Waals surface area (Å²) in [6.07, 6.45) is -0.0168. The van der Waals surface area contributed by atoms with Crippen LogP contribution in [0.25, 0.3) is 11.3 Å². The molecule has 0 aliphatic heterocycles. The van der Waals surface area contributed by atoms with Gasteiger partial charge in [-0.2, -0.15) is 13.2 Å². The molecular weight excluding hydrogens is 319 g/mol. The van der Waals surface area contributed by atoms with Gasteiger partial charge in [-0.05, 0) is 25.1 Å². The van der Waals surface area contributed by atoms with E-state index in [0.717, 1.165) is 12.1 Å². The zero-order valence-electron chi connectivity index (χ0n) is 13.6. The van der Waals surface area contributed by atoms with Crippen LogP contribution in [0.2, 0.25) is 0 Å². The Labute approximate surface area is 139 Å². The van der Waals surface area contributed by atoms with Crippen LogP contribution in [0.5, 0.6) is 0 Å². The highest BCUT2D eigenvalue weighted by Crippen LogP contribution is 2.32. The van der Waals surface area contributed by atoms with E-state index in [4.69, 9.17) is 0 Å². The number of carbonyl (C=O) groups excluding carboxylic acids is 1. The van der Waals surface area contributed by atoms with Gasteiger partial charge in [0.05, 0.1) is 23.8 Å². The van der Waals surface area contributed by atoms with Crippen molar-refractivity contribution in [3.63, 3.8) is 0 Å². The molecule has 2 aromatic rings. The lowest BCUT2D eigenvalue weighted by Gasteiger charge is -2.11. The third kappa shape index (κ3) is 6.12. The molecule has 1 aromatic carbocycles. The molecule has 0 saturated heterocycles. The summed E-state index contributed by atoms with van der Waals surface area (Å²) in [4.78, 5) is 18.0. The Hall–Kier alpha value is -2.83. The average Bonchev–Trinajstić information content (AvgIpc) is 3.10. The maximum Gasteiger partial charge on any atom is 0.416 e. The number of aromatic amines is 1. The van der Waals surface area contributed by atoms with Gasteiger partial charge in [-0.3, -0.25) is 4.79 Å². The Morgan fingerprint density at radius 2 is 1.88 bits per heavy atom. The lowest BCUT2D eigenvalue weighted by atomic mass is 10.0. The summed E-state index contributed by atoms with van der Waals surface area (Å²) in [5.41, 5.74) is -0.262. The highest BCUT2D eigenvalue weighted by atomic mass is 19.4. The van der Waals surface area contributed by atoms with Gasteiger partial charge < -0.3 is 10.3 Å². The molecule has 130 valence electrons. The van der Waals surface area contributed by atoms with Gasteiger partial charge >= 0.3 is 6.18 Å². The van der Waals surface area contributed by atoms with Crippen LogP contribution in [-0.2, 0) is 6.18 Å². The highest BCUT2D eigenvalue weighted by Gasteiger charge is 2.32. The van der Waals surface area contributed by atoms with Crippen molar-refractivity contribution in [1.82, 2.24) is 15.3 Å². The minimum Gasteiger partial charge on any atom is -0.355 e. The van der Waals surface area contributed by atoms with Crippen LogP contribution >= 0.6 is 0 Å². The van der Waals surface area contributed by atoms with Crippen LogP contribution in [0.4, 0.5) is 13.2 Å². The van der Waals surface area contributed by atoms with E-state index < -0.39 is 17.6 Å². The maximum atomic E-state index is 12.8. The molecule has 0 saturated carbocycles. The molecule has 0 bridgehead atoms. The molecule has 0 atom stereocenters. The molecule has 0 fully saturated rings. The Morgan fingerprint density at radius 3 is 2.29 bits per heavy atom. The molecule has 4 nitrogen and oxygen atoms in total. The monoisotopic (exact) mass is 339 g/mol. The molecule has 1 heterocycles. The van der Waals surface area contributed by atoms with E-state index in [1.165, 1.54) is 25.6 Å². The van der Waals surface area contributed by atoms with Crippen LogP contribution in [0.15, 0.2) is 56.5 Å². The predicted octanol–water partition coefficient (Wildman–Crippen LogP) is 4.45. The second-order valence-corrected chi connectivity index (χ2v) is 4.25. The van der Waals surface area contributed by atoms with Crippen molar-refractivity contribution in [3.8, 4) is 11.3 Å². The quantitative estimate of drug-likeness (QED) is 0.794. The number of alkyl halides is 3. The Morgan fingerprint density at radius 1 is 1.29 bits per heavy atom. The van der Waals surface area contributed by atoms with E-state index in [9.17, 15) is 18.0 Å². The molecule has 7 heteroatoms. The number of rotatable bonds is 2. The summed E-state index contributed by atoms with van der Waals surface area (Å²) < 4.78 is 38.4. The third-order valence-electron chi connectivity index (χ3n) is 2.56. The van der Waals surface area contributed by atoms with Crippen LogP contribution in [0, 0.1) is 0 Å². The number of nitrogens with zero attached hydrogens (tertiary/aromatic N) is 1. The molecule has 0 spiro atoms. The van der Waals surface area contributed by atoms with Gasteiger partial charge in [-0.25, -0.2) is 4.98 Å². The van der Waals surface area contributed by atoms with Gasteiger partial charge in [0, 0.05) is 18.2 Å². The third-order valence-corrected chi connectivity index (χ3v) is 2.56. The largest absolute Gasteiger partial charge is 0.416 e. The number of hydrogen-bond donors (Lipinski definition) is 2. The summed E-state index contributed by atoms with van der Waals surface area (Å²) in [5, 5.41) is 2.30. The first-order valence-electron chi connectivity index (χ1n) is 6.83. The molecule has 2 rings (SSSR count). The Bertz CT molecular complexity index is 650. The number of hydrogen-bond acceptors (Lipinski definition) is 2. The fourth-order valence-corrected chi connectivity index (χ4v) is 1.64. The summed E-state index contributed by atoms with van der Waals surface area (Å²) in [6, 6.07) is 3.17. The summed E-state index contributed by atoms with van der Waals surface area (Å²) in [6.45, 7) is 11.2. The smallest absolute Gasteiger partial charge is 0.355 e. The standard InChI is InChI=1S/C12H10F3N3O.C3H6.C2H4/c1-16-11(19)8-2-7(10-5-17-6-18-10)3-9(4-8)12(13,14)15;1-3-2;1-2/h2-6H,1H3,(H,16,19)(H,17,18);3H,1H2,2H3;1-2H2. The number of benzene rings is 1.